The molecule has 2 aromatic heterocycles. The Morgan fingerprint density at radius 3 is 2.65 bits per heavy atom. The van der Waals surface area contributed by atoms with Crippen molar-refractivity contribution in [3.05, 3.63) is 40.1 Å². The van der Waals surface area contributed by atoms with E-state index in [1.165, 1.54) is 16.6 Å². The zero-order valence-corrected chi connectivity index (χ0v) is 15.9. The number of rotatable bonds is 5. The van der Waals surface area contributed by atoms with Gasteiger partial charge < -0.3 is 4.42 Å². The molecular formula is C13H14BrNO5S3. The fourth-order valence-corrected chi connectivity index (χ4v) is 8.11. The molecule has 3 heterocycles. The van der Waals surface area contributed by atoms with E-state index < -0.39 is 25.9 Å². The molecule has 0 N–H and O–H groups in total. The molecule has 0 radical (unpaired) electrons. The standard InChI is InChI=1S/C13H14BrNO5S3/c14-12-3-4-13(21-12)23(18,19)15(8-11-2-1-6-20-11)10-5-7-22(16,17)9-10/h1-4,6,10H,5,7-9H2/t10-/m1/s1. The van der Waals surface area contributed by atoms with E-state index in [2.05, 4.69) is 15.9 Å². The van der Waals surface area contributed by atoms with Crippen molar-refractivity contribution in [2.75, 3.05) is 11.5 Å². The van der Waals surface area contributed by atoms with Crippen LogP contribution in [-0.2, 0) is 26.4 Å². The number of sulfonamides is 1. The Hall–Kier alpha value is -0.680. The van der Waals surface area contributed by atoms with Gasteiger partial charge in [-0.05, 0) is 46.6 Å². The van der Waals surface area contributed by atoms with Crippen LogP contribution in [0.3, 0.4) is 0 Å². The second-order valence-electron chi connectivity index (χ2n) is 5.25. The van der Waals surface area contributed by atoms with Crippen molar-refractivity contribution in [1.29, 1.82) is 0 Å². The van der Waals surface area contributed by atoms with Gasteiger partial charge in [-0.15, -0.1) is 11.3 Å². The highest BCUT2D eigenvalue weighted by atomic mass is 79.9. The summed E-state index contributed by atoms with van der Waals surface area (Å²) in [4.78, 5) is 0. The van der Waals surface area contributed by atoms with Gasteiger partial charge in [0.2, 0.25) is 0 Å². The number of furan rings is 1. The predicted molar refractivity (Wildman–Crippen MR) is 90.5 cm³/mol. The Labute approximate surface area is 147 Å². The van der Waals surface area contributed by atoms with Crippen LogP contribution < -0.4 is 0 Å². The first-order valence-corrected chi connectivity index (χ1v) is 11.6. The summed E-state index contributed by atoms with van der Waals surface area (Å²) >= 11 is 4.36. The second kappa shape index (κ2) is 6.32. The normalized spacial score (nSPS) is 21.0. The Kier molecular flexibility index (Phi) is 4.71. The van der Waals surface area contributed by atoms with Crippen LogP contribution in [0.2, 0.25) is 0 Å². The molecule has 23 heavy (non-hydrogen) atoms. The lowest BCUT2D eigenvalue weighted by molar-refractivity contribution is 0.307. The average molecular weight is 440 g/mol. The van der Waals surface area contributed by atoms with Crippen molar-refractivity contribution in [3.8, 4) is 0 Å². The largest absolute Gasteiger partial charge is 0.468 e. The van der Waals surface area contributed by atoms with Crippen molar-refractivity contribution < 1.29 is 21.3 Å². The molecule has 0 unspecified atom stereocenters. The fourth-order valence-electron chi connectivity index (χ4n) is 2.52. The molecular weight excluding hydrogens is 426 g/mol. The first kappa shape index (κ1) is 17.2. The van der Waals surface area contributed by atoms with Crippen LogP contribution in [0.1, 0.15) is 12.2 Å². The summed E-state index contributed by atoms with van der Waals surface area (Å²) in [7, 11) is -6.99. The fraction of sp³-hybridized carbons (Fsp3) is 0.385. The quantitative estimate of drug-likeness (QED) is 0.713. The molecule has 0 aromatic carbocycles. The van der Waals surface area contributed by atoms with Crippen molar-refractivity contribution in [1.82, 2.24) is 4.31 Å². The van der Waals surface area contributed by atoms with Crippen LogP contribution in [0.15, 0.2) is 42.9 Å². The molecule has 0 spiro atoms. The van der Waals surface area contributed by atoms with Gasteiger partial charge in [-0.2, -0.15) is 4.31 Å². The van der Waals surface area contributed by atoms with Crippen LogP contribution in [-0.4, -0.2) is 38.7 Å². The molecule has 1 aliphatic rings. The van der Waals surface area contributed by atoms with Crippen LogP contribution >= 0.6 is 27.3 Å². The summed E-state index contributed by atoms with van der Waals surface area (Å²) in [5, 5.41) is 0. The minimum absolute atomic E-state index is 0.00990. The van der Waals surface area contributed by atoms with Gasteiger partial charge in [-0.1, -0.05) is 0 Å². The van der Waals surface area contributed by atoms with Gasteiger partial charge in [-0.3, -0.25) is 0 Å². The highest BCUT2D eigenvalue weighted by Gasteiger charge is 2.39. The molecule has 2 aromatic rings. The number of hydrogen-bond donors (Lipinski definition) is 0. The number of thiophene rings is 1. The molecule has 0 saturated carbocycles. The molecule has 1 aliphatic heterocycles. The summed E-state index contributed by atoms with van der Waals surface area (Å²) in [5.74, 6) is 0.337. The van der Waals surface area contributed by atoms with Crippen LogP contribution in [0.5, 0.6) is 0 Å². The number of halogens is 1. The van der Waals surface area contributed by atoms with E-state index in [1.54, 1.807) is 18.2 Å². The lowest BCUT2D eigenvalue weighted by atomic mass is 10.2. The van der Waals surface area contributed by atoms with Crippen molar-refractivity contribution in [2.45, 2.75) is 23.2 Å². The van der Waals surface area contributed by atoms with Crippen LogP contribution in [0, 0.1) is 0 Å². The first-order valence-electron chi connectivity index (χ1n) is 6.78. The van der Waals surface area contributed by atoms with E-state index in [1.807, 2.05) is 0 Å². The Balaban J connectivity index is 1.97. The SMILES string of the molecule is O=S1(=O)CC[C@@H](N(Cc2ccco2)S(=O)(=O)c2ccc(Br)s2)C1. The molecule has 1 saturated heterocycles. The maximum atomic E-state index is 12.9. The average Bonchev–Trinajstić information content (AvgIpc) is 3.17. The summed E-state index contributed by atoms with van der Waals surface area (Å²) in [5.41, 5.74) is 0. The molecule has 1 atom stereocenters. The van der Waals surface area contributed by atoms with Gasteiger partial charge in [-0.25, -0.2) is 16.8 Å². The van der Waals surface area contributed by atoms with E-state index in [4.69, 9.17) is 4.42 Å². The molecule has 0 aliphatic carbocycles. The third kappa shape index (κ3) is 3.71. The Morgan fingerprint density at radius 2 is 2.13 bits per heavy atom. The Morgan fingerprint density at radius 1 is 1.35 bits per heavy atom. The topological polar surface area (TPSA) is 84.7 Å². The minimum Gasteiger partial charge on any atom is -0.468 e. The van der Waals surface area contributed by atoms with Crippen LogP contribution in [0.25, 0.3) is 0 Å². The lowest BCUT2D eigenvalue weighted by Gasteiger charge is -2.25. The summed E-state index contributed by atoms with van der Waals surface area (Å²) < 4.78 is 56.8. The van der Waals surface area contributed by atoms with Crippen molar-refractivity contribution in [2.24, 2.45) is 0 Å². The summed E-state index contributed by atoms with van der Waals surface area (Å²) in [6.45, 7) is 0.0189. The Bertz CT molecular complexity index is 886. The first-order chi connectivity index (χ1) is 10.8. The van der Waals surface area contributed by atoms with E-state index in [0.717, 1.165) is 11.3 Å². The van der Waals surface area contributed by atoms with Gasteiger partial charge in [0.25, 0.3) is 10.0 Å². The molecule has 3 rings (SSSR count). The number of hydrogen-bond acceptors (Lipinski definition) is 6. The third-order valence-electron chi connectivity index (χ3n) is 3.62. The smallest absolute Gasteiger partial charge is 0.253 e. The molecule has 126 valence electrons. The van der Waals surface area contributed by atoms with E-state index in [9.17, 15) is 16.8 Å². The molecule has 0 bridgehead atoms. The number of sulfone groups is 1. The van der Waals surface area contributed by atoms with Gasteiger partial charge in [0.15, 0.2) is 9.84 Å². The zero-order valence-electron chi connectivity index (χ0n) is 11.9. The molecule has 6 nitrogen and oxygen atoms in total. The lowest BCUT2D eigenvalue weighted by Crippen LogP contribution is -2.40. The van der Waals surface area contributed by atoms with Gasteiger partial charge in [0, 0.05) is 6.04 Å². The summed E-state index contributed by atoms with van der Waals surface area (Å²) in [6, 6.07) is 5.95. The van der Waals surface area contributed by atoms with E-state index >= 15 is 0 Å². The van der Waals surface area contributed by atoms with E-state index in [0.29, 0.717) is 16.0 Å². The van der Waals surface area contributed by atoms with E-state index in [-0.39, 0.29) is 22.3 Å². The molecule has 0 amide bonds. The van der Waals surface area contributed by atoms with Crippen molar-refractivity contribution >= 4 is 47.1 Å². The van der Waals surface area contributed by atoms with Crippen LogP contribution in [0.4, 0.5) is 0 Å². The highest BCUT2D eigenvalue weighted by Crippen LogP contribution is 2.32. The predicted octanol–water partition coefficient (Wildman–Crippen LogP) is 2.48. The monoisotopic (exact) mass is 439 g/mol. The molecule has 1 fully saturated rings. The van der Waals surface area contributed by atoms with Gasteiger partial charge >= 0.3 is 0 Å². The maximum absolute atomic E-state index is 12.9. The second-order valence-corrected chi connectivity index (χ2v) is 12.1. The third-order valence-corrected chi connectivity index (χ3v) is 9.36. The van der Waals surface area contributed by atoms with Gasteiger partial charge in [0.05, 0.1) is 28.1 Å². The minimum atomic E-state index is -3.79. The highest BCUT2D eigenvalue weighted by molar-refractivity contribution is 9.11. The summed E-state index contributed by atoms with van der Waals surface area (Å²) in [6.07, 6.45) is 1.77. The molecule has 10 heteroatoms. The van der Waals surface area contributed by atoms with Gasteiger partial charge in [0.1, 0.15) is 9.97 Å². The van der Waals surface area contributed by atoms with Crippen molar-refractivity contribution in [3.63, 3.8) is 0 Å². The number of nitrogens with zero attached hydrogens (tertiary/aromatic N) is 1. The maximum Gasteiger partial charge on any atom is 0.253 e. The zero-order chi connectivity index (χ0) is 16.7.